The molecule has 4 aliphatic rings. The summed E-state index contributed by atoms with van der Waals surface area (Å²) in [5, 5.41) is 4.72. The van der Waals surface area contributed by atoms with Crippen LogP contribution < -0.4 is 4.90 Å². The van der Waals surface area contributed by atoms with Gasteiger partial charge in [0, 0.05) is 71.4 Å². The van der Waals surface area contributed by atoms with Crippen molar-refractivity contribution >= 4 is 60.9 Å². The molecule has 0 amide bonds. The molecule has 0 spiro atoms. The van der Waals surface area contributed by atoms with Crippen LogP contribution in [0.1, 0.15) is 99.9 Å². The molecule has 0 saturated carbocycles. The molecule has 0 bridgehead atoms. The van der Waals surface area contributed by atoms with E-state index in [2.05, 4.69) is 273 Å². The second-order valence-corrected chi connectivity index (χ2v) is 25.5. The Kier molecular flexibility index (Phi) is 9.11. The van der Waals surface area contributed by atoms with Crippen LogP contribution in [0.15, 0.2) is 221 Å². The number of rotatable bonds is 5. The summed E-state index contributed by atoms with van der Waals surface area (Å²) in [6.07, 6.45) is 0. The summed E-state index contributed by atoms with van der Waals surface area (Å²) in [6.45, 7) is 19.3. The number of benzene rings is 11. The van der Waals surface area contributed by atoms with E-state index in [1.807, 2.05) is 0 Å². The van der Waals surface area contributed by atoms with Crippen LogP contribution in [0.4, 0.5) is 17.1 Å². The molecule has 3 heteroatoms. The van der Waals surface area contributed by atoms with Crippen molar-refractivity contribution in [1.29, 1.82) is 0 Å². The maximum absolute atomic E-state index is 7.11. The van der Waals surface area contributed by atoms with E-state index in [4.69, 9.17) is 8.83 Å². The first-order valence-electron chi connectivity index (χ1n) is 28.8. The number of para-hydroxylation sites is 2. The van der Waals surface area contributed by atoms with Gasteiger partial charge in [0.1, 0.15) is 22.3 Å². The Balaban J connectivity index is 0.868. The average molecular weight is 1040 g/mol. The van der Waals surface area contributed by atoms with Crippen LogP contribution in [0.3, 0.4) is 0 Å². The molecule has 2 aromatic heterocycles. The molecule has 4 aliphatic carbocycles. The Hall–Kier alpha value is -9.18. The molecule has 3 nitrogen and oxygen atoms in total. The van der Waals surface area contributed by atoms with Gasteiger partial charge in [0.25, 0.3) is 0 Å². The molecule has 0 N–H and O–H groups in total. The molecule has 0 unspecified atom stereocenters. The SMILES string of the molecule is CC1(C)c2ccccc2-c2ccc(-c3cc4c(c5c3oc3ccccc35)-c3ccc(N(c5cccc(-c6ccccc6)c5)c5ccc6c(c5)C(C)(C)c5c7c(c8c(oc9ccccc98)c5-6)-c5ccccc5C7(C)C)cc3C4(C)C)cc21. The second kappa shape index (κ2) is 15.8. The first-order chi connectivity index (χ1) is 39.2. The van der Waals surface area contributed by atoms with Crippen molar-refractivity contribution in [3.05, 3.63) is 257 Å². The van der Waals surface area contributed by atoms with Crippen molar-refractivity contribution < 1.29 is 8.83 Å². The highest BCUT2D eigenvalue weighted by Gasteiger charge is 2.49. The van der Waals surface area contributed by atoms with E-state index in [0.29, 0.717) is 0 Å². The average Bonchev–Trinajstić information content (AvgIpc) is 1.79. The topological polar surface area (TPSA) is 29.5 Å². The Bertz CT molecular complexity index is 4940. The number of furan rings is 2. The van der Waals surface area contributed by atoms with Crippen molar-refractivity contribution in [3.8, 4) is 66.8 Å². The van der Waals surface area contributed by atoms with Crippen LogP contribution in [0.25, 0.3) is 111 Å². The van der Waals surface area contributed by atoms with Gasteiger partial charge in [-0.2, -0.15) is 0 Å². The van der Waals surface area contributed by atoms with Gasteiger partial charge < -0.3 is 13.7 Å². The Morgan fingerprint density at radius 3 is 1.48 bits per heavy atom. The first kappa shape index (κ1) is 46.7. The minimum atomic E-state index is -0.370. The van der Waals surface area contributed by atoms with Crippen molar-refractivity contribution in [2.24, 2.45) is 0 Å². The molecule has 0 fully saturated rings. The summed E-state index contributed by atoms with van der Waals surface area (Å²) in [4.78, 5) is 2.50. The number of anilines is 3. The fraction of sp³-hybridized carbons (Fsp3) is 0.154. The van der Waals surface area contributed by atoms with E-state index in [1.54, 1.807) is 0 Å². The highest BCUT2D eigenvalue weighted by molar-refractivity contribution is 6.21. The molecule has 17 rings (SSSR count). The monoisotopic (exact) mass is 1040 g/mol. The standard InChI is InChI=1S/C78H59NO2/c1-75(2)58-29-16-12-25-50(58)51-36-33-46(40-60(51)75)57-43-63-66(68-55-27-14-18-31-64(55)80-73(57)68)53-37-34-48(41-61(53)76(63,3)4)79(47-24-20-23-45(39-47)44-21-10-9-11-22-44)49-35-38-54-62(42-49)78(7,8)72-70(54)74-69(56-28-15-19-32-65(56)81-74)67-52-26-13-17-30-59(52)77(5,6)71(67)72/h9-43H,1-8H3. The van der Waals surface area contributed by atoms with E-state index < -0.39 is 0 Å². The molecular formula is C78H59NO2. The molecule has 0 radical (unpaired) electrons. The lowest BCUT2D eigenvalue weighted by Gasteiger charge is -2.32. The lowest BCUT2D eigenvalue weighted by molar-refractivity contribution is 0.600. The first-order valence-corrected chi connectivity index (χ1v) is 28.8. The van der Waals surface area contributed by atoms with E-state index in [-0.39, 0.29) is 21.7 Å². The minimum absolute atomic E-state index is 0.132. The molecule has 0 aliphatic heterocycles. The Morgan fingerprint density at radius 2 is 0.765 bits per heavy atom. The van der Waals surface area contributed by atoms with Crippen molar-refractivity contribution in [2.45, 2.75) is 77.0 Å². The van der Waals surface area contributed by atoms with E-state index in [9.17, 15) is 0 Å². The summed E-state index contributed by atoms with van der Waals surface area (Å²) in [6, 6.07) is 79.2. The predicted molar refractivity (Wildman–Crippen MR) is 337 cm³/mol. The molecule has 2 heterocycles. The van der Waals surface area contributed by atoms with Gasteiger partial charge >= 0.3 is 0 Å². The Labute approximate surface area is 472 Å². The summed E-state index contributed by atoms with van der Waals surface area (Å²) >= 11 is 0. The van der Waals surface area contributed by atoms with Gasteiger partial charge in [-0.15, -0.1) is 0 Å². The fourth-order valence-electron chi connectivity index (χ4n) is 15.9. The lowest BCUT2D eigenvalue weighted by atomic mass is 9.72. The molecule has 0 atom stereocenters. The van der Waals surface area contributed by atoms with Gasteiger partial charge in [-0.1, -0.05) is 207 Å². The predicted octanol–water partition coefficient (Wildman–Crippen LogP) is 21.5. The van der Waals surface area contributed by atoms with E-state index in [0.717, 1.165) is 50.3 Å². The van der Waals surface area contributed by atoms with Gasteiger partial charge in [-0.3, -0.25) is 0 Å². The highest BCUT2D eigenvalue weighted by atomic mass is 16.3. The highest BCUT2D eigenvalue weighted by Crippen LogP contribution is 2.64. The van der Waals surface area contributed by atoms with Gasteiger partial charge in [-0.05, 0) is 161 Å². The maximum Gasteiger partial charge on any atom is 0.144 e. The summed E-state index contributed by atoms with van der Waals surface area (Å²) < 4.78 is 14.2. The summed E-state index contributed by atoms with van der Waals surface area (Å²) in [5.74, 6) is 0. The zero-order valence-electron chi connectivity index (χ0n) is 47.0. The molecule has 13 aromatic rings. The smallest absolute Gasteiger partial charge is 0.144 e. The van der Waals surface area contributed by atoms with Gasteiger partial charge in [0.05, 0.1) is 0 Å². The van der Waals surface area contributed by atoms with Crippen molar-refractivity contribution in [1.82, 2.24) is 0 Å². The second-order valence-electron chi connectivity index (χ2n) is 25.5. The van der Waals surface area contributed by atoms with Crippen LogP contribution >= 0.6 is 0 Å². The number of hydrogen-bond donors (Lipinski definition) is 0. The quantitative estimate of drug-likeness (QED) is 0.172. The third-order valence-corrected chi connectivity index (χ3v) is 19.8. The third kappa shape index (κ3) is 6.03. The van der Waals surface area contributed by atoms with Crippen LogP contribution in [0.5, 0.6) is 0 Å². The molecule has 11 aromatic carbocycles. The van der Waals surface area contributed by atoms with Crippen LogP contribution in [-0.4, -0.2) is 0 Å². The largest absolute Gasteiger partial charge is 0.455 e. The van der Waals surface area contributed by atoms with Crippen molar-refractivity contribution in [2.75, 3.05) is 4.90 Å². The van der Waals surface area contributed by atoms with Crippen LogP contribution in [0.2, 0.25) is 0 Å². The number of hydrogen-bond acceptors (Lipinski definition) is 3. The lowest BCUT2D eigenvalue weighted by Crippen LogP contribution is -2.24. The fourth-order valence-corrected chi connectivity index (χ4v) is 15.9. The normalized spacial score (nSPS) is 15.8. The number of nitrogens with zero attached hydrogens (tertiary/aromatic N) is 1. The molecule has 388 valence electrons. The molecule has 0 saturated heterocycles. The van der Waals surface area contributed by atoms with Gasteiger partial charge in [-0.25, -0.2) is 0 Å². The Morgan fingerprint density at radius 1 is 0.284 bits per heavy atom. The van der Waals surface area contributed by atoms with Gasteiger partial charge in [0.2, 0.25) is 0 Å². The minimum Gasteiger partial charge on any atom is -0.455 e. The third-order valence-electron chi connectivity index (χ3n) is 19.8. The zero-order valence-corrected chi connectivity index (χ0v) is 47.0. The van der Waals surface area contributed by atoms with E-state index in [1.165, 1.54) is 122 Å². The number of fused-ring (bicyclic) bond motifs is 22. The van der Waals surface area contributed by atoms with Crippen LogP contribution in [0, 0.1) is 0 Å². The summed E-state index contributed by atoms with van der Waals surface area (Å²) in [7, 11) is 0. The van der Waals surface area contributed by atoms with Gasteiger partial charge in [0.15, 0.2) is 0 Å². The molecular weight excluding hydrogens is 983 g/mol. The molecule has 81 heavy (non-hydrogen) atoms. The van der Waals surface area contributed by atoms with Crippen molar-refractivity contribution in [3.63, 3.8) is 0 Å². The van der Waals surface area contributed by atoms with E-state index >= 15 is 0 Å². The zero-order chi connectivity index (χ0) is 54.6. The maximum atomic E-state index is 7.11. The van der Waals surface area contributed by atoms with Crippen LogP contribution in [-0.2, 0) is 21.7 Å². The summed E-state index contributed by atoms with van der Waals surface area (Å²) in [5.41, 5.74) is 31.7.